The largest absolute Gasteiger partial charge is 0.383 e. The van der Waals surface area contributed by atoms with Crippen molar-refractivity contribution in [1.29, 1.82) is 0 Å². The van der Waals surface area contributed by atoms with Gasteiger partial charge in [-0.25, -0.2) is 4.98 Å². The smallest absolute Gasteiger partial charge is 0.185 e. The summed E-state index contributed by atoms with van der Waals surface area (Å²) >= 11 is 1.80. The van der Waals surface area contributed by atoms with E-state index in [2.05, 4.69) is 44.8 Å². The molecule has 1 atom stereocenters. The summed E-state index contributed by atoms with van der Waals surface area (Å²) in [7, 11) is 1.75. The van der Waals surface area contributed by atoms with Crippen LogP contribution < -0.4 is 10.2 Å². The molecule has 1 aromatic rings. The van der Waals surface area contributed by atoms with Gasteiger partial charge in [-0.2, -0.15) is 0 Å². The van der Waals surface area contributed by atoms with Gasteiger partial charge in [-0.05, 0) is 26.3 Å². The summed E-state index contributed by atoms with van der Waals surface area (Å²) in [6.07, 6.45) is 0. The fraction of sp³-hybridized carbons (Fsp3) is 0.800. The van der Waals surface area contributed by atoms with Gasteiger partial charge in [0, 0.05) is 31.1 Å². The summed E-state index contributed by atoms with van der Waals surface area (Å²) < 4.78 is 5.22. The van der Waals surface area contributed by atoms with E-state index in [1.807, 2.05) is 0 Å². The predicted molar refractivity (Wildman–Crippen MR) is 87.9 cm³/mol. The highest BCUT2D eigenvalue weighted by Gasteiger charge is 2.18. The Kier molecular flexibility index (Phi) is 7.48. The van der Waals surface area contributed by atoms with Crippen LogP contribution in [0.1, 0.15) is 44.3 Å². The Hall–Kier alpha value is -0.650. The molecule has 0 aromatic carbocycles. The maximum Gasteiger partial charge on any atom is 0.185 e. The lowest BCUT2D eigenvalue weighted by molar-refractivity contribution is 0.204. The number of hydrogen-bond acceptors (Lipinski definition) is 5. The van der Waals surface area contributed by atoms with E-state index in [4.69, 9.17) is 9.72 Å². The quantitative estimate of drug-likeness (QED) is 0.759. The lowest BCUT2D eigenvalue weighted by Crippen LogP contribution is -2.30. The van der Waals surface area contributed by atoms with Gasteiger partial charge in [0.2, 0.25) is 0 Å². The van der Waals surface area contributed by atoms with Crippen LogP contribution >= 0.6 is 11.3 Å². The molecule has 20 heavy (non-hydrogen) atoms. The molecular weight excluding hydrogens is 270 g/mol. The third kappa shape index (κ3) is 5.04. The first-order valence-corrected chi connectivity index (χ1v) is 8.25. The summed E-state index contributed by atoms with van der Waals surface area (Å²) in [6, 6.07) is 0.370. The van der Waals surface area contributed by atoms with Gasteiger partial charge in [-0.1, -0.05) is 20.8 Å². The second-order valence-corrected chi connectivity index (χ2v) is 6.57. The highest BCUT2D eigenvalue weighted by atomic mass is 32.1. The summed E-state index contributed by atoms with van der Waals surface area (Å²) in [5.41, 5.74) is 1.14. The van der Waals surface area contributed by atoms with Crippen LogP contribution in [0.3, 0.4) is 0 Å². The minimum Gasteiger partial charge on any atom is -0.383 e. The van der Waals surface area contributed by atoms with Crippen molar-refractivity contribution in [2.75, 3.05) is 38.3 Å². The van der Waals surface area contributed by atoms with Gasteiger partial charge >= 0.3 is 0 Å². The molecule has 1 heterocycles. The van der Waals surface area contributed by atoms with Crippen LogP contribution in [-0.2, 0) is 4.74 Å². The fourth-order valence-corrected chi connectivity index (χ4v) is 3.36. The lowest BCUT2D eigenvalue weighted by Gasteiger charge is -2.23. The molecule has 0 spiro atoms. The fourth-order valence-electron chi connectivity index (χ4n) is 2.24. The molecule has 1 unspecified atom stereocenters. The highest BCUT2D eigenvalue weighted by Crippen LogP contribution is 2.31. The monoisotopic (exact) mass is 299 g/mol. The number of ether oxygens (including phenoxy) is 1. The van der Waals surface area contributed by atoms with Crippen LogP contribution in [0.25, 0.3) is 0 Å². The minimum atomic E-state index is 0.370. The molecule has 0 amide bonds. The van der Waals surface area contributed by atoms with Gasteiger partial charge < -0.3 is 15.0 Å². The zero-order valence-corrected chi connectivity index (χ0v) is 14.5. The zero-order valence-electron chi connectivity index (χ0n) is 13.7. The van der Waals surface area contributed by atoms with Crippen LogP contribution in [0, 0.1) is 12.8 Å². The number of thiazole rings is 1. The molecule has 0 saturated heterocycles. The number of rotatable bonds is 9. The topological polar surface area (TPSA) is 37.4 Å². The van der Waals surface area contributed by atoms with Crippen LogP contribution in [-0.4, -0.2) is 38.3 Å². The van der Waals surface area contributed by atoms with Crippen molar-refractivity contribution in [2.24, 2.45) is 5.92 Å². The van der Waals surface area contributed by atoms with E-state index < -0.39 is 0 Å². The summed E-state index contributed by atoms with van der Waals surface area (Å²) in [6.45, 7) is 14.6. The molecule has 1 rings (SSSR count). The Morgan fingerprint density at radius 2 is 2.05 bits per heavy atom. The van der Waals surface area contributed by atoms with Crippen molar-refractivity contribution in [2.45, 2.75) is 40.7 Å². The zero-order chi connectivity index (χ0) is 15.1. The molecule has 116 valence electrons. The second kappa shape index (κ2) is 8.60. The number of anilines is 1. The van der Waals surface area contributed by atoms with Crippen LogP contribution in [0.2, 0.25) is 0 Å². The molecule has 0 aliphatic rings. The Balaban J connectivity index is 2.87. The van der Waals surface area contributed by atoms with Gasteiger partial charge in [0.15, 0.2) is 5.13 Å². The van der Waals surface area contributed by atoms with E-state index in [9.17, 15) is 0 Å². The maximum absolute atomic E-state index is 5.22. The molecule has 1 aromatic heterocycles. The normalized spacial score (nSPS) is 12.9. The molecule has 0 fully saturated rings. The Morgan fingerprint density at radius 3 is 2.60 bits per heavy atom. The van der Waals surface area contributed by atoms with Crippen LogP contribution in [0.4, 0.5) is 5.13 Å². The Labute approximate surface area is 127 Å². The third-order valence-electron chi connectivity index (χ3n) is 3.15. The summed E-state index contributed by atoms with van der Waals surface area (Å²) in [4.78, 5) is 8.45. The minimum absolute atomic E-state index is 0.370. The SMILES string of the molecule is CCNC(C)c1sc(N(CCOC)CC(C)C)nc1C. The van der Waals surface area contributed by atoms with Crippen molar-refractivity contribution >= 4 is 16.5 Å². The average molecular weight is 299 g/mol. The molecule has 4 nitrogen and oxygen atoms in total. The second-order valence-electron chi connectivity index (χ2n) is 5.56. The molecule has 5 heteroatoms. The van der Waals surface area contributed by atoms with Crippen molar-refractivity contribution in [3.05, 3.63) is 10.6 Å². The number of aryl methyl sites for hydroxylation is 1. The van der Waals surface area contributed by atoms with Crippen molar-refractivity contribution in [3.8, 4) is 0 Å². The average Bonchev–Trinajstić information content (AvgIpc) is 2.76. The van der Waals surface area contributed by atoms with Crippen molar-refractivity contribution in [3.63, 3.8) is 0 Å². The van der Waals surface area contributed by atoms with E-state index in [0.29, 0.717) is 12.0 Å². The summed E-state index contributed by atoms with van der Waals surface area (Å²) in [5.74, 6) is 0.616. The first-order valence-electron chi connectivity index (χ1n) is 7.44. The van der Waals surface area contributed by atoms with Crippen LogP contribution in [0.15, 0.2) is 0 Å². The number of aromatic nitrogens is 1. The number of nitrogens with zero attached hydrogens (tertiary/aromatic N) is 2. The van der Waals surface area contributed by atoms with Crippen molar-refractivity contribution < 1.29 is 4.74 Å². The molecule has 0 aliphatic carbocycles. The molecule has 0 aliphatic heterocycles. The summed E-state index contributed by atoms with van der Waals surface area (Å²) in [5, 5.41) is 4.58. The van der Waals surface area contributed by atoms with E-state index in [1.54, 1.807) is 18.4 Å². The van der Waals surface area contributed by atoms with E-state index >= 15 is 0 Å². The van der Waals surface area contributed by atoms with Gasteiger partial charge in [0.25, 0.3) is 0 Å². The van der Waals surface area contributed by atoms with Gasteiger partial charge in [0.1, 0.15) is 0 Å². The molecule has 0 bridgehead atoms. The molecule has 1 N–H and O–H groups in total. The molecular formula is C15H29N3OS. The Morgan fingerprint density at radius 1 is 1.35 bits per heavy atom. The third-order valence-corrected chi connectivity index (χ3v) is 4.55. The lowest BCUT2D eigenvalue weighted by atomic mass is 10.2. The predicted octanol–water partition coefficient (Wildman–Crippen LogP) is 3.23. The van der Waals surface area contributed by atoms with Gasteiger partial charge in [-0.15, -0.1) is 11.3 Å². The first-order chi connectivity index (χ1) is 9.49. The standard InChI is InChI=1S/C15H29N3OS/c1-7-16-12(4)14-13(5)17-15(20-14)18(8-9-19-6)10-11(2)3/h11-12,16H,7-10H2,1-6H3. The number of nitrogens with one attached hydrogen (secondary N) is 1. The number of methoxy groups -OCH3 is 1. The van der Waals surface area contributed by atoms with Gasteiger partial charge in [-0.3, -0.25) is 0 Å². The first kappa shape index (κ1) is 17.4. The molecule has 0 saturated carbocycles. The molecule has 0 radical (unpaired) electrons. The Bertz CT molecular complexity index is 392. The van der Waals surface area contributed by atoms with Crippen molar-refractivity contribution in [1.82, 2.24) is 10.3 Å². The van der Waals surface area contributed by atoms with Gasteiger partial charge in [0.05, 0.1) is 12.3 Å². The van der Waals surface area contributed by atoms with Crippen LogP contribution in [0.5, 0.6) is 0 Å². The highest BCUT2D eigenvalue weighted by molar-refractivity contribution is 7.15. The van der Waals surface area contributed by atoms with E-state index in [0.717, 1.165) is 37.1 Å². The van der Waals surface area contributed by atoms with E-state index in [-0.39, 0.29) is 0 Å². The number of hydrogen-bond donors (Lipinski definition) is 1. The van der Waals surface area contributed by atoms with E-state index in [1.165, 1.54) is 4.88 Å². The maximum atomic E-state index is 5.22.